The summed E-state index contributed by atoms with van der Waals surface area (Å²) in [4.78, 5) is 14.4. The first-order valence-corrected chi connectivity index (χ1v) is 9.68. The number of nitrogens with zero attached hydrogens (tertiary/aromatic N) is 5. The van der Waals surface area contributed by atoms with Crippen LogP contribution in [0.25, 0.3) is 0 Å². The van der Waals surface area contributed by atoms with E-state index in [4.69, 9.17) is 30.5 Å². The molecule has 0 spiro atoms. The van der Waals surface area contributed by atoms with Crippen LogP contribution in [-0.4, -0.2) is 89.8 Å². The Morgan fingerprint density at radius 1 is 1.13 bits per heavy atom. The van der Waals surface area contributed by atoms with Crippen LogP contribution in [0.3, 0.4) is 0 Å². The van der Waals surface area contributed by atoms with Gasteiger partial charge in [0.15, 0.2) is 6.33 Å². The average molecular weight is 444 g/mol. The van der Waals surface area contributed by atoms with E-state index in [1.54, 1.807) is 31.4 Å². The molecule has 0 bridgehead atoms. The van der Waals surface area contributed by atoms with Gasteiger partial charge in [-0.2, -0.15) is 4.80 Å². The van der Waals surface area contributed by atoms with Crippen LogP contribution >= 0.6 is 11.6 Å². The number of rotatable bonds is 15. The first-order chi connectivity index (χ1) is 14.6. The summed E-state index contributed by atoms with van der Waals surface area (Å²) in [5, 5.41) is 21.6. The van der Waals surface area contributed by atoms with Crippen LogP contribution in [0.2, 0.25) is 5.02 Å². The first-order valence-electron chi connectivity index (χ1n) is 9.30. The lowest BCUT2D eigenvalue weighted by Gasteiger charge is -2.29. The largest absolute Gasteiger partial charge is 0.465 e. The smallest absolute Gasteiger partial charge is 0.409 e. The summed E-state index contributed by atoms with van der Waals surface area (Å²) in [5.74, 6) is 0. The first kappa shape index (κ1) is 24.0. The van der Waals surface area contributed by atoms with E-state index in [-0.39, 0.29) is 19.9 Å². The minimum Gasteiger partial charge on any atom is -0.465 e. The van der Waals surface area contributed by atoms with Gasteiger partial charge in [0.2, 0.25) is 0 Å². The monoisotopic (exact) mass is 443 g/mol. The van der Waals surface area contributed by atoms with Crippen molar-refractivity contribution in [1.82, 2.24) is 25.1 Å². The number of hydrogen-bond donors (Lipinski definition) is 1. The van der Waals surface area contributed by atoms with Crippen molar-refractivity contribution in [1.29, 1.82) is 0 Å². The Morgan fingerprint density at radius 2 is 1.80 bits per heavy atom. The Kier molecular flexibility index (Phi) is 11.0. The molecule has 2 aromatic rings. The third-order valence-electron chi connectivity index (χ3n) is 4.02. The molecule has 1 N–H and O–H groups in total. The molecule has 0 aliphatic heterocycles. The molecule has 0 saturated carbocycles. The van der Waals surface area contributed by atoms with Gasteiger partial charge in [-0.25, -0.2) is 4.79 Å². The second-order valence-electron chi connectivity index (χ2n) is 6.04. The number of halogens is 1. The molecule has 1 aromatic heterocycles. The summed E-state index contributed by atoms with van der Waals surface area (Å²) in [6, 6.07) is 6.34. The third kappa shape index (κ3) is 8.20. The summed E-state index contributed by atoms with van der Waals surface area (Å²) in [6.45, 7) is 2.39. The van der Waals surface area contributed by atoms with E-state index in [9.17, 15) is 9.90 Å². The van der Waals surface area contributed by atoms with Crippen molar-refractivity contribution < 1.29 is 28.8 Å². The normalized spacial score (nSPS) is 12.1. The number of aromatic nitrogens is 4. The van der Waals surface area contributed by atoms with Gasteiger partial charge >= 0.3 is 6.09 Å². The van der Waals surface area contributed by atoms with Crippen molar-refractivity contribution >= 4 is 17.7 Å². The maximum Gasteiger partial charge on any atom is 0.409 e. The average Bonchev–Trinajstić information content (AvgIpc) is 3.24. The van der Waals surface area contributed by atoms with Crippen LogP contribution in [0.15, 0.2) is 30.6 Å². The Bertz CT molecular complexity index is 736. The number of hydrogen-bond acceptors (Lipinski definition) is 8. The highest BCUT2D eigenvalue weighted by Gasteiger charge is 2.28. The van der Waals surface area contributed by atoms with Crippen LogP contribution in [0.1, 0.15) is 11.6 Å². The number of tetrazole rings is 1. The molecule has 0 saturated heterocycles. The van der Waals surface area contributed by atoms with Gasteiger partial charge in [-0.1, -0.05) is 29.8 Å². The minimum atomic E-state index is -1.16. The fourth-order valence-corrected chi connectivity index (χ4v) is 2.82. The number of amides is 1. The van der Waals surface area contributed by atoms with E-state index in [0.717, 1.165) is 4.90 Å². The van der Waals surface area contributed by atoms with Gasteiger partial charge in [0.1, 0.15) is 6.73 Å². The molecule has 0 fully saturated rings. The highest BCUT2D eigenvalue weighted by molar-refractivity contribution is 6.31. The van der Waals surface area contributed by atoms with E-state index in [0.29, 0.717) is 43.6 Å². The Labute approximate surface area is 179 Å². The van der Waals surface area contributed by atoms with Gasteiger partial charge in [-0.05, 0) is 16.8 Å². The standard InChI is InChI=1S/C18H26ClN5O6/c1-27-6-7-28-8-9-29-10-11-30-14-23(18(25)26)17(12-24-21-13-20-22-24)15-4-2-3-5-16(15)19/h2-5,13,17H,6-12,14H2,1H3,(H,25,26)/t17-/m0/s1. The van der Waals surface area contributed by atoms with Crippen molar-refractivity contribution in [3.8, 4) is 0 Å². The molecule has 0 aliphatic rings. The molecular weight excluding hydrogens is 418 g/mol. The number of ether oxygens (including phenoxy) is 4. The third-order valence-corrected chi connectivity index (χ3v) is 4.36. The number of benzene rings is 1. The molecule has 1 aromatic carbocycles. The highest BCUT2D eigenvalue weighted by atomic mass is 35.5. The van der Waals surface area contributed by atoms with E-state index in [1.165, 1.54) is 11.1 Å². The summed E-state index contributed by atoms with van der Waals surface area (Å²) in [5.41, 5.74) is 0.618. The summed E-state index contributed by atoms with van der Waals surface area (Å²) >= 11 is 6.31. The van der Waals surface area contributed by atoms with Gasteiger partial charge in [0.05, 0.1) is 52.2 Å². The molecule has 0 radical (unpaired) electrons. The fraction of sp³-hybridized carbons (Fsp3) is 0.556. The molecule has 0 unspecified atom stereocenters. The molecule has 0 aliphatic carbocycles. The van der Waals surface area contributed by atoms with Gasteiger partial charge in [-0.3, -0.25) is 4.90 Å². The lowest BCUT2D eigenvalue weighted by Crippen LogP contribution is -2.38. The van der Waals surface area contributed by atoms with Crippen molar-refractivity contribution in [3.05, 3.63) is 41.2 Å². The Hall–Kier alpha value is -2.31. The second-order valence-corrected chi connectivity index (χ2v) is 6.44. The Balaban J connectivity index is 1.87. The molecule has 166 valence electrons. The predicted octanol–water partition coefficient (Wildman–Crippen LogP) is 1.70. The lowest BCUT2D eigenvalue weighted by molar-refractivity contribution is -0.0287. The van der Waals surface area contributed by atoms with Crippen LogP contribution in [-0.2, 0) is 25.5 Å². The SMILES string of the molecule is COCCOCCOCCOCN(C(=O)O)[C@@H](Cn1ncnn1)c1ccccc1Cl. The Morgan fingerprint density at radius 3 is 2.40 bits per heavy atom. The topological polar surface area (TPSA) is 121 Å². The molecule has 30 heavy (non-hydrogen) atoms. The quantitative estimate of drug-likeness (QED) is 0.323. The van der Waals surface area contributed by atoms with Gasteiger partial charge in [0.25, 0.3) is 0 Å². The zero-order valence-corrected chi connectivity index (χ0v) is 17.5. The highest BCUT2D eigenvalue weighted by Crippen LogP contribution is 2.28. The van der Waals surface area contributed by atoms with Crippen molar-refractivity contribution in [2.45, 2.75) is 12.6 Å². The maximum atomic E-state index is 11.9. The number of methoxy groups -OCH3 is 1. The van der Waals surface area contributed by atoms with Crippen LogP contribution in [0.4, 0.5) is 4.79 Å². The molecule has 1 amide bonds. The van der Waals surface area contributed by atoms with E-state index in [1.807, 2.05) is 0 Å². The zero-order chi connectivity index (χ0) is 21.6. The fourth-order valence-electron chi connectivity index (χ4n) is 2.56. The van der Waals surface area contributed by atoms with Crippen molar-refractivity contribution in [2.24, 2.45) is 0 Å². The van der Waals surface area contributed by atoms with Gasteiger partial charge in [-0.15, -0.1) is 10.2 Å². The lowest BCUT2D eigenvalue weighted by atomic mass is 10.1. The molecule has 2 rings (SSSR count). The summed E-state index contributed by atoms with van der Waals surface area (Å²) < 4.78 is 21.1. The predicted molar refractivity (Wildman–Crippen MR) is 106 cm³/mol. The summed E-state index contributed by atoms with van der Waals surface area (Å²) in [7, 11) is 1.61. The molecule has 1 atom stereocenters. The minimum absolute atomic E-state index is 0.134. The number of carbonyl (C=O) groups is 1. The molecule has 12 heteroatoms. The van der Waals surface area contributed by atoms with Crippen LogP contribution in [0.5, 0.6) is 0 Å². The van der Waals surface area contributed by atoms with Crippen molar-refractivity contribution in [3.63, 3.8) is 0 Å². The van der Waals surface area contributed by atoms with E-state index < -0.39 is 12.1 Å². The second kappa shape index (κ2) is 13.8. The van der Waals surface area contributed by atoms with E-state index >= 15 is 0 Å². The van der Waals surface area contributed by atoms with Crippen LogP contribution < -0.4 is 0 Å². The zero-order valence-electron chi connectivity index (χ0n) is 16.7. The van der Waals surface area contributed by atoms with Gasteiger partial charge in [0, 0.05) is 12.1 Å². The maximum absolute atomic E-state index is 11.9. The molecule has 1 heterocycles. The van der Waals surface area contributed by atoms with Crippen LogP contribution in [0, 0.1) is 0 Å². The number of carboxylic acid groups (broad SMARTS) is 1. The molecular formula is C18H26ClN5O6. The summed E-state index contributed by atoms with van der Waals surface area (Å²) in [6.07, 6.45) is 0.120. The van der Waals surface area contributed by atoms with Crippen molar-refractivity contribution in [2.75, 3.05) is 53.5 Å². The van der Waals surface area contributed by atoms with E-state index in [2.05, 4.69) is 15.4 Å². The molecule has 11 nitrogen and oxygen atoms in total. The van der Waals surface area contributed by atoms with Gasteiger partial charge < -0.3 is 24.1 Å².